The molecule has 2 saturated heterocycles. The van der Waals surface area contributed by atoms with Crippen LogP contribution in [0.1, 0.15) is 61.0 Å². The highest BCUT2D eigenvalue weighted by molar-refractivity contribution is 6.05. The van der Waals surface area contributed by atoms with Crippen LogP contribution in [0.15, 0.2) is 18.2 Å². The minimum Gasteiger partial charge on any atom is -0.322 e. The predicted molar refractivity (Wildman–Crippen MR) is 114 cm³/mol. The first kappa shape index (κ1) is 21.0. The summed E-state index contributed by atoms with van der Waals surface area (Å²) in [5, 5.41) is 5.90. The molecule has 1 unspecified atom stereocenters. The van der Waals surface area contributed by atoms with Crippen molar-refractivity contribution in [3.63, 3.8) is 0 Å². The summed E-state index contributed by atoms with van der Waals surface area (Å²) in [6.45, 7) is 9.01. The number of benzene rings is 1. The van der Waals surface area contributed by atoms with Crippen LogP contribution in [0.3, 0.4) is 0 Å². The summed E-state index contributed by atoms with van der Waals surface area (Å²) < 4.78 is 0. The van der Waals surface area contributed by atoms with Gasteiger partial charge in [0.25, 0.3) is 5.91 Å². The number of nitrogens with zero attached hydrogens (tertiary/aromatic N) is 2. The third-order valence-electron chi connectivity index (χ3n) is 6.52. The van der Waals surface area contributed by atoms with Crippen LogP contribution in [0.5, 0.6) is 0 Å². The van der Waals surface area contributed by atoms with Gasteiger partial charge in [-0.15, -0.1) is 0 Å². The Hall–Kier alpha value is -2.25. The van der Waals surface area contributed by atoms with E-state index in [1.807, 2.05) is 12.1 Å². The van der Waals surface area contributed by atoms with Crippen LogP contribution >= 0.6 is 0 Å². The van der Waals surface area contributed by atoms with E-state index in [0.29, 0.717) is 24.6 Å². The van der Waals surface area contributed by atoms with Crippen molar-refractivity contribution in [2.75, 3.05) is 19.6 Å². The van der Waals surface area contributed by atoms with Gasteiger partial charge in [-0.2, -0.15) is 0 Å². The summed E-state index contributed by atoms with van der Waals surface area (Å²) in [6, 6.07) is 6.04. The van der Waals surface area contributed by atoms with E-state index in [4.69, 9.17) is 0 Å². The maximum absolute atomic E-state index is 12.8. The fourth-order valence-electron chi connectivity index (χ4n) is 4.74. The molecule has 1 atom stereocenters. The first-order chi connectivity index (χ1) is 14.4. The fraction of sp³-hybridized carbons (Fsp3) is 0.609. The topological polar surface area (TPSA) is 81.8 Å². The lowest BCUT2D eigenvalue weighted by Crippen LogP contribution is -2.52. The van der Waals surface area contributed by atoms with Crippen LogP contribution in [0.2, 0.25) is 0 Å². The van der Waals surface area contributed by atoms with Crippen LogP contribution in [-0.2, 0) is 22.7 Å². The molecule has 0 spiro atoms. The second-order valence-corrected chi connectivity index (χ2v) is 9.17. The number of imide groups is 1. The van der Waals surface area contributed by atoms with Crippen molar-refractivity contribution >= 4 is 17.7 Å². The number of likely N-dealkylation sites (tertiary alicyclic amines) is 1. The Labute approximate surface area is 178 Å². The number of fused-ring (bicyclic) bond motifs is 1. The van der Waals surface area contributed by atoms with Gasteiger partial charge in [-0.05, 0) is 62.0 Å². The number of carbonyl (C=O) groups excluding carboxylic acids is 3. The van der Waals surface area contributed by atoms with Gasteiger partial charge in [0.2, 0.25) is 11.8 Å². The molecule has 0 saturated carbocycles. The highest BCUT2D eigenvalue weighted by atomic mass is 16.2. The lowest BCUT2D eigenvalue weighted by Gasteiger charge is -2.32. The molecule has 0 bridgehead atoms. The molecule has 4 rings (SSSR count). The van der Waals surface area contributed by atoms with E-state index in [1.54, 1.807) is 4.90 Å². The van der Waals surface area contributed by atoms with Gasteiger partial charge in [-0.3, -0.25) is 24.6 Å². The molecule has 0 aliphatic carbocycles. The van der Waals surface area contributed by atoms with Gasteiger partial charge in [0.15, 0.2) is 0 Å². The van der Waals surface area contributed by atoms with E-state index in [2.05, 4.69) is 35.4 Å². The molecule has 30 heavy (non-hydrogen) atoms. The molecule has 2 fully saturated rings. The summed E-state index contributed by atoms with van der Waals surface area (Å²) >= 11 is 0. The molecule has 0 radical (unpaired) electrons. The molecular weight excluding hydrogens is 380 g/mol. The van der Waals surface area contributed by atoms with Gasteiger partial charge < -0.3 is 10.2 Å². The SMILES string of the molecule is CC(C)NCC1CCN(Cc2ccc3c(c2)CN(C2CCC(=O)NC2=O)C3=O)CC1. The first-order valence-electron chi connectivity index (χ1n) is 11.1. The van der Waals surface area contributed by atoms with Gasteiger partial charge in [-0.25, -0.2) is 0 Å². The quantitative estimate of drug-likeness (QED) is 0.695. The van der Waals surface area contributed by atoms with Crippen LogP contribution in [0.25, 0.3) is 0 Å². The molecule has 2 N–H and O–H groups in total. The van der Waals surface area contributed by atoms with Crippen LogP contribution in [0, 0.1) is 5.92 Å². The summed E-state index contributed by atoms with van der Waals surface area (Å²) in [7, 11) is 0. The summed E-state index contributed by atoms with van der Waals surface area (Å²) in [5.74, 6) is 0.0294. The summed E-state index contributed by atoms with van der Waals surface area (Å²) in [4.78, 5) is 40.5. The van der Waals surface area contributed by atoms with Crippen molar-refractivity contribution in [3.05, 3.63) is 34.9 Å². The second-order valence-electron chi connectivity index (χ2n) is 9.17. The smallest absolute Gasteiger partial charge is 0.255 e. The van der Waals surface area contributed by atoms with Crippen molar-refractivity contribution in [2.24, 2.45) is 5.92 Å². The monoisotopic (exact) mass is 412 g/mol. The summed E-state index contributed by atoms with van der Waals surface area (Å²) in [6.07, 6.45) is 3.11. The van der Waals surface area contributed by atoms with Crippen molar-refractivity contribution in [1.82, 2.24) is 20.4 Å². The van der Waals surface area contributed by atoms with E-state index >= 15 is 0 Å². The van der Waals surface area contributed by atoms with Gasteiger partial charge in [0, 0.05) is 31.1 Å². The average Bonchev–Trinajstić information content (AvgIpc) is 3.03. The second kappa shape index (κ2) is 8.86. The Morgan fingerprint density at radius 1 is 1.13 bits per heavy atom. The highest BCUT2D eigenvalue weighted by Gasteiger charge is 2.39. The van der Waals surface area contributed by atoms with Crippen molar-refractivity contribution in [2.45, 2.75) is 64.7 Å². The zero-order valence-electron chi connectivity index (χ0n) is 17.9. The molecule has 162 valence electrons. The van der Waals surface area contributed by atoms with E-state index in [0.717, 1.165) is 37.7 Å². The molecule has 7 heteroatoms. The number of piperidine rings is 2. The number of hydrogen-bond donors (Lipinski definition) is 2. The van der Waals surface area contributed by atoms with Gasteiger partial charge in [0.1, 0.15) is 6.04 Å². The van der Waals surface area contributed by atoms with Crippen LogP contribution < -0.4 is 10.6 Å². The molecule has 3 amide bonds. The third-order valence-corrected chi connectivity index (χ3v) is 6.52. The molecular formula is C23H32N4O3. The predicted octanol–water partition coefficient (Wildman–Crippen LogP) is 1.66. The Bertz CT molecular complexity index is 830. The standard InChI is InChI=1S/C23H32N4O3/c1-15(2)24-12-16-7-9-26(10-8-16)13-17-3-4-19-18(11-17)14-27(23(19)30)20-5-6-21(28)25-22(20)29/h3-4,11,15-16,20,24H,5-10,12-14H2,1-2H3,(H,25,28,29). The molecule has 3 aliphatic heterocycles. The molecule has 0 aromatic heterocycles. The number of carbonyl (C=O) groups is 3. The lowest BCUT2D eigenvalue weighted by molar-refractivity contribution is -0.136. The molecule has 3 aliphatic rings. The Morgan fingerprint density at radius 2 is 1.90 bits per heavy atom. The Morgan fingerprint density at radius 3 is 2.60 bits per heavy atom. The van der Waals surface area contributed by atoms with Gasteiger partial charge >= 0.3 is 0 Å². The maximum Gasteiger partial charge on any atom is 0.255 e. The largest absolute Gasteiger partial charge is 0.322 e. The average molecular weight is 413 g/mol. The van der Waals surface area contributed by atoms with E-state index < -0.39 is 6.04 Å². The zero-order chi connectivity index (χ0) is 21.3. The van der Waals surface area contributed by atoms with Gasteiger partial charge in [0.05, 0.1) is 0 Å². The fourth-order valence-corrected chi connectivity index (χ4v) is 4.74. The normalized spacial score (nSPS) is 23.2. The number of nitrogens with one attached hydrogen (secondary N) is 2. The molecule has 1 aromatic carbocycles. The summed E-state index contributed by atoms with van der Waals surface area (Å²) in [5.41, 5.74) is 2.88. The van der Waals surface area contributed by atoms with Crippen molar-refractivity contribution < 1.29 is 14.4 Å². The van der Waals surface area contributed by atoms with E-state index in [-0.39, 0.29) is 24.1 Å². The molecule has 7 nitrogen and oxygen atoms in total. The van der Waals surface area contributed by atoms with Crippen LogP contribution in [0.4, 0.5) is 0 Å². The maximum atomic E-state index is 12.8. The Kier molecular flexibility index (Phi) is 6.20. The first-order valence-corrected chi connectivity index (χ1v) is 11.1. The van der Waals surface area contributed by atoms with Crippen molar-refractivity contribution in [1.29, 1.82) is 0 Å². The van der Waals surface area contributed by atoms with Crippen molar-refractivity contribution in [3.8, 4) is 0 Å². The number of amides is 3. The highest BCUT2D eigenvalue weighted by Crippen LogP contribution is 2.29. The third kappa shape index (κ3) is 4.57. The minimum absolute atomic E-state index is 0.107. The molecule has 1 aromatic rings. The van der Waals surface area contributed by atoms with Crippen LogP contribution in [-0.4, -0.2) is 59.2 Å². The molecule has 3 heterocycles. The lowest BCUT2D eigenvalue weighted by atomic mass is 9.96. The minimum atomic E-state index is -0.551. The zero-order valence-corrected chi connectivity index (χ0v) is 17.9. The van der Waals surface area contributed by atoms with E-state index in [9.17, 15) is 14.4 Å². The number of hydrogen-bond acceptors (Lipinski definition) is 5. The number of rotatable bonds is 6. The Balaban J connectivity index is 1.34. The van der Waals surface area contributed by atoms with Gasteiger partial charge in [-0.1, -0.05) is 26.0 Å². The van der Waals surface area contributed by atoms with E-state index in [1.165, 1.54) is 18.4 Å².